The number of hydrogen-bond acceptors (Lipinski definition) is 2. The fourth-order valence-electron chi connectivity index (χ4n) is 1.96. The Kier molecular flexibility index (Phi) is 2.79. The Balaban J connectivity index is 2.48. The summed E-state index contributed by atoms with van der Waals surface area (Å²) in [7, 11) is 0. The first-order valence-corrected chi connectivity index (χ1v) is 5.74. The number of rotatable bonds is 2. The van der Waals surface area contributed by atoms with Crippen LogP contribution in [-0.4, -0.2) is 14.9 Å². The van der Waals surface area contributed by atoms with Crippen LogP contribution in [-0.2, 0) is 5.60 Å². The number of aryl methyl sites for hydroxylation is 1. The zero-order chi connectivity index (χ0) is 12.6. The van der Waals surface area contributed by atoms with Crippen molar-refractivity contribution in [1.29, 1.82) is 0 Å². The van der Waals surface area contributed by atoms with Crippen molar-refractivity contribution >= 4 is 0 Å². The summed E-state index contributed by atoms with van der Waals surface area (Å²) in [5.41, 5.74) is 3.22. The molecule has 90 valence electrons. The molecule has 0 aliphatic heterocycles. The SMILES string of the molecule is Cc1ccc(-n2ncc(C(C)(C)O)c2C)cc1. The summed E-state index contributed by atoms with van der Waals surface area (Å²) < 4.78 is 1.85. The highest BCUT2D eigenvalue weighted by Gasteiger charge is 2.22. The summed E-state index contributed by atoms with van der Waals surface area (Å²) in [6.45, 7) is 7.58. The number of aliphatic hydroxyl groups is 1. The van der Waals surface area contributed by atoms with Crippen LogP contribution in [0.25, 0.3) is 5.69 Å². The molecule has 3 heteroatoms. The van der Waals surface area contributed by atoms with Gasteiger partial charge in [-0.15, -0.1) is 0 Å². The van der Waals surface area contributed by atoms with Crippen molar-refractivity contribution in [3.8, 4) is 5.69 Å². The fraction of sp³-hybridized carbons (Fsp3) is 0.357. The predicted octanol–water partition coefficient (Wildman–Crippen LogP) is 2.72. The van der Waals surface area contributed by atoms with Gasteiger partial charge in [-0.3, -0.25) is 0 Å². The van der Waals surface area contributed by atoms with Crippen LogP contribution in [0.3, 0.4) is 0 Å². The molecule has 0 unspecified atom stereocenters. The van der Waals surface area contributed by atoms with Gasteiger partial charge < -0.3 is 5.11 Å². The third kappa shape index (κ3) is 2.24. The van der Waals surface area contributed by atoms with E-state index in [1.165, 1.54) is 5.56 Å². The largest absolute Gasteiger partial charge is 0.386 e. The lowest BCUT2D eigenvalue weighted by molar-refractivity contribution is 0.0779. The Hall–Kier alpha value is -1.61. The first-order chi connectivity index (χ1) is 7.89. The summed E-state index contributed by atoms with van der Waals surface area (Å²) in [5, 5.41) is 14.4. The second kappa shape index (κ2) is 4.00. The van der Waals surface area contributed by atoms with E-state index in [2.05, 4.69) is 24.2 Å². The van der Waals surface area contributed by atoms with Crippen molar-refractivity contribution in [1.82, 2.24) is 9.78 Å². The Morgan fingerprint density at radius 1 is 1.12 bits per heavy atom. The molecule has 0 atom stereocenters. The highest BCUT2D eigenvalue weighted by Crippen LogP contribution is 2.24. The summed E-state index contributed by atoms with van der Waals surface area (Å²) in [5.74, 6) is 0. The molecular formula is C14H18N2O. The number of benzene rings is 1. The molecule has 2 aromatic rings. The Bertz CT molecular complexity index is 518. The molecule has 0 amide bonds. The first kappa shape index (κ1) is 11.9. The van der Waals surface area contributed by atoms with Crippen LogP contribution in [0.5, 0.6) is 0 Å². The minimum Gasteiger partial charge on any atom is -0.386 e. The van der Waals surface area contributed by atoms with E-state index < -0.39 is 5.60 Å². The van der Waals surface area contributed by atoms with Gasteiger partial charge in [0, 0.05) is 11.3 Å². The van der Waals surface area contributed by atoms with Crippen LogP contribution in [0.1, 0.15) is 30.7 Å². The van der Waals surface area contributed by atoms with E-state index in [9.17, 15) is 5.11 Å². The van der Waals surface area contributed by atoms with Crippen molar-refractivity contribution in [2.24, 2.45) is 0 Å². The Labute approximate surface area is 102 Å². The highest BCUT2D eigenvalue weighted by atomic mass is 16.3. The molecule has 0 aliphatic carbocycles. The van der Waals surface area contributed by atoms with E-state index in [1.807, 2.05) is 23.7 Å². The van der Waals surface area contributed by atoms with Crippen molar-refractivity contribution in [3.05, 3.63) is 47.3 Å². The quantitative estimate of drug-likeness (QED) is 0.861. The molecular weight excluding hydrogens is 212 g/mol. The minimum atomic E-state index is -0.854. The molecule has 17 heavy (non-hydrogen) atoms. The minimum absolute atomic E-state index is 0.854. The van der Waals surface area contributed by atoms with Gasteiger partial charge >= 0.3 is 0 Å². The third-order valence-corrected chi connectivity index (χ3v) is 2.95. The Morgan fingerprint density at radius 2 is 1.71 bits per heavy atom. The summed E-state index contributed by atoms with van der Waals surface area (Å²) in [6, 6.07) is 8.17. The van der Waals surface area contributed by atoms with Gasteiger partial charge in [-0.25, -0.2) is 4.68 Å². The average Bonchev–Trinajstić information content (AvgIpc) is 2.61. The van der Waals surface area contributed by atoms with Crippen molar-refractivity contribution in [3.63, 3.8) is 0 Å². The molecule has 1 aromatic heterocycles. The third-order valence-electron chi connectivity index (χ3n) is 2.95. The lowest BCUT2D eigenvalue weighted by Crippen LogP contribution is -2.16. The van der Waals surface area contributed by atoms with E-state index >= 15 is 0 Å². The van der Waals surface area contributed by atoms with Crippen LogP contribution >= 0.6 is 0 Å². The van der Waals surface area contributed by atoms with Gasteiger partial charge in [0.25, 0.3) is 0 Å². The van der Waals surface area contributed by atoms with Gasteiger partial charge in [0.1, 0.15) is 0 Å². The maximum Gasteiger partial charge on any atom is 0.0873 e. The van der Waals surface area contributed by atoms with E-state index in [0.29, 0.717) is 0 Å². The zero-order valence-corrected chi connectivity index (χ0v) is 10.7. The van der Waals surface area contributed by atoms with Crippen LogP contribution < -0.4 is 0 Å². The topological polar surface area (TPSA) is 38.0 Å². The van der Waals surface area contributed by atoms with Crippen LogP contribution in [0.15, 0.2) is 30.5 Å². The summed E-state index contributed by atoms with van der Waals surface area (Å²) >= 11 is 0. The molecule has 1 aromatic carbocycles. The number of hydrogen-bond donors (Lipinski definition) is 1. The van der Waals surface area contributed by atoms with Crippen LogP contribution in [0, 0.1) is 13.8 Å². The van der Waals surface area contributed by atoms with Gasteiger partial charge in [-0.2, -0.15) is 5.10 Å². The molecule has 1 N–H and O–H groups in total. The van der Waals surface area contributed by atoms with Gasteiger partial charge in [0.2, 0.25) is 0 Å². The smallest absolute Gasteiger partial charge is 0.0873 e. The van der Waals surface area contributed by atoms with E-state index in [4.69, 9.17) is 0 Å². The van der Waals surface area contributed by atoms with E-state index in [1.54, 1.807) is 20.0 Å². The first-order valence-electron chi connectivity index (χ1n) is 5.74. The standard InChI is InChI=1S/C14H18N2O/c1-10-5-7-12(8-6-10)16-11(2)13(9-15-16)14(3,4)17/h5-9,17H,1-4H3. The second-order valence-electron chi connectivity index (χ2n) is 4.95. The monoisotopic (exact) mass is 230 g/mol. The second-order valence-corrected chi connectivity index (χ2v) is 4.95. The molecule has 2 rings (SSSR count). The van der Waals surface area contributed by atoms with Crippen molar-refractivity contribution < 1.29 is 5.11 Å². The molecule has 3 nitrogen and oxygen atoms in total. The maximum absolute atomic E-state index is 10.0. The Morgan fingerprint density at radius 3 is 2.18 bits per heavy atom. The predicted molar refractivity (Wildman–Crippen MR) is 68.3 cm³/mol. The lowest BCUT2D eigenvalue weighted by atomic mass is 10.00. The summed E-state index contributed by atoms with van der Waals surface area (Å²) in [6.07, 6.45) is 1.73. The van der Waals surface area contributed by atoms with Gasteiger partial charge in [0.15, 0.2) is 0 Å². The molecule has 0 spiro atoms. The molecule has 0 radical (unpaired) electrons. The lowest BCUT2D eigenvalue weighted by Gasteiger charge is -2.16. The van der Waals surface area contributed by atoms with Crippen molar-refractivity contribution in [2.75, 3.05) is 0 Å². The highest BCUT2D eigenvalue weighted by molar-refractivity contribution is 5.37. The summed E-state index contributed by atoms with van der Waals surface area (Å²) in [4.78, 5) is 0. The van der Waals surface area contributed by atoms with Gasteiger partial charge in [-0.05, 0) is 39.8 Å². The molecule has 0 bridgehead atoms. The molecule has 0 saturated heterocycles. The fourth-order valence-corrected chi connectivity index (χ4v) is 1.96. The van der Waals surface area contributed by atoms with E-state index in [0.717, 1.165) is 16.9 Å². The maximum atomic E-state index is 10.0. The number of aromatic nitrogens is 2. The van der Waals surface area contributed by atoms with Crippen molar-refractivity contribution in [2.45, 2.75) is 33.3 Å². The average molecular weight is 230 g/mol. The normalized spacial score (nSPS) is 11.8. The molecule has 0 aliphatic rings. The van der Waals surface area contributed by atoms with E-state index in [-0.39, 0.29) is 0 Å². The molecule has 1 heterocycles. The zero-order valence-electron chi connectivity index (χ0n) is 10.7. The van der Waals surface area contributed by atoms with Gasteiger partial charge in [0.05, 0.1) is 17.5 Å². The molecule has 0 fully saturated rings. The van der Waals surface area contributed by atoms with Gasteiger partial charge in [-0.1, -0.05) is 17.7 Å². The van der Waals surface area contributed by atoms with Crippen LogP contribution in [0.4, 0.5) is 0 Å². The number of nitrogens with zero attached hydrogens (tertiary/aromatic N) is 2. The molecule has 0 saturated carbocycles. The van der Waals surface area contributed by atoms with Crippen LogP contribution in [0.2, 0.25) is 0 Å².